The Morgan fingerprint density at radius 3 is 1.86 bits per heavy atom. The summed E-state index contributed by atoms with van der Waals surface area (Å²) in [6.45, 7) is 11.3. The molecule has 0 aromatic heterocycles. The fraction of sp³-hybridized carbons (Fsp3) is 1.00. The van der Waals surface area contributed by atoms with Gasteiger partial charge in [0.25, 0.3) is 0 Å². The second kappa shape index (κ2) is 5.28. The van der Waals surface area contributed by atoms with Gasteiger partial charge in [-0.1, -0.05) is 27.7 Å². The van der Waals surface area contributed by atoms with E-state index < -0.39 is 8.56 Å². The molecule has 2 nitrogen and oxygen atoms in total. The summed E-state index contributed by atoms with van der Waals surface area (Å²) in [7, 11) is 1.67. The first-order chi connectivity index (χ1) is 6.22. The normalized spacial score (nSPS) is 15.6. The van der Waals surface area contributed by atoms with Crippen molar-refractivity contribution in [2.75, 3.05) is 14.2 Å². The van der Waals surface area contributed by atoms with Crippen LogP contribution in [0, 0.1) is 11.3 Å². The summed E-state index contributed by atoms with van der Waals surface area (Å²) in [6.07, 6.45) is 1.22. The highest BCUT2D eigenvalue weighted by molar-refractivity contribution is 6.65. The van der Waals surface area contributed by atoms with Crippen molar-refractivity contribution in [2.24, 2.45) is 11.3 Å². The van der Waals surface area contributed by atoms with E-state index >= 15 is 0 Å². The Hall–Kier alpha value is 0.137. The third-order valence-corrected chi connectivity index (χ3v) is 5.71. The molecular formula is C11H26O2Si. The lowest BCUT2D eigenvalue weighted by Crippen LogP contribution is -2.38. The first-order valence-electron chi connectivity index (χ1n) is 5.33. The Bertz CT molecular complexity index is 159. The molecule has 0 bridgehead atoms. The molecular weight excluding hydrogens is 192 g/mol. The average Bonchev–Trinajstić information content (AvgIpc) is 2.00. The molecule has 1 unspecified atom stereocenters. The van der Waals surface area contributed by atoms with Gasteiger partial charge in [-0.05, 0) is 30.3 Å². The largest absolute Gasteiger partial charge is 0.398 e. The van der Waals surface area contributed by atoms with Crippen LogP contribution in [0.25, 0.3) is 0 Å². The van der Waals surface area contributed by atoms with Gasteiger partial charge in [0, 0.05) is 14.2 Å². The maximum absolute atomic E-state index is 5.49. The zero-order valence-electron chi connectivity index (χ0n) is 10.8. The maximum Gasteiger partial charge on any atom is 0.334 e. The van der Waals surface area contributed by atoms with Gasteiger partial charge in [0.1, 0.15) is 0 Å². The van der Waals surface area contributed by atoms with Gasteiger partial charge >= 0.3 is 8.56 Å². The number of hydrogen-bond acceptors (Lipinski definition) is 2. The fourth-order valence-electron chi connectivity index (χ4n) is 2.00. The van der Waals surface area contributed by atoms with E-state index in [9.17, 15) is 0 Å². The predicted octanol–water partition coefficient (Wildman–Crippen LogP) is 3.42. The highest BCUT2D eigenvalue weighted by Crippen LogP contribution is 2.29. The summed E-state index contributed by atoms with van der Waals surface area (Å²) in [5.74, 6) is 0.673. The van der Waals surface area contributed by atoms with Crippen molar-refractivity contribution in [1.82, 2.24) is 0 Å². The van der Waals surface area contributed by atoms with Crippen molar-refractivity contribution in [3.63, 3.8) is 0 Å². The van der Waals surface area contributed by atoms with Crippen LogP contribution in [-0.4, -0.2) is 22.8 Å². The van der Waals surface area contributed by atoms with E-state index in [-0.39, 0.29) is 0 Å². The van der Waals surface area contributed by atoms with Crippen LogP contribution in [-0.2, 0) is 8.85 Å². The quantitative estimate of drug-likeness (QED) is 0.658. The maximum atomic E-state index is 5.49. The number of rotatable bonds is 5. The third-order valence-electron chi connectivity index (χ3n) is 2.54. The lowest BCUT2D eigenvalue weighted by Gasteiger charge is -2.29. The zero-order valence-corrected chi connectivity index (χ0v) is 11.8. The van der Waals surface area contributed by atoms with Gasteiger partial charge in [-0.25, -0.2) is 0 Å². The van der Waals surface area contributed by atoms with E-state index in [0.717, 1.165) is 6.04 Å². The predicted molar refractivity (Wildman–Crippen MR) is 63.7 cm³/mol. The van der Waals surface area contributed by atoms with Crippen molar-refractivity contribution in [3.8, 4) is 0 Å². The van der Waals surface area contributed by atoms with Crippen LogP contribution in [0.15, 0.2) is 0 Å². The molecule has 0 heterocycles. The molecule has 0 N–H and O–H groups in total. The molecule has 3 heteroatoms. The molecule has 0 radical (unpaired) electrons. The molecule has 86 valence electrons. The first-order valence-corrected chi connectivity index (χ1v) is 7.85. The molecule has 0 aromatic carbocycles. The van der Waals surface area contributed by atoms with Crippen LogP contribution in [0.3, 0.4) is 0 Å². The van der Waals surface area contributed by atoms with Crippen molar-refractivity contribution in [3.05, 3.63) is 0 Å². The SMILES string of the molecule is CO[Si](C)(CC(C)CC(C)(C)C)OC. The van der Waals surface area contributed by atoms with E-state index in [0.29, 0.717) is 11.3 Å². The lowest BCUT2D eigenvalue weighted by molar-refractivity contribution is 0.232. The van der Waals surface area contributed by atoms with Crippen molar-refractivity contribution in [2.45, 2.75) is 46.7 Å². The first kappa shape index (κ1) is 14.1. The van der Waals surface area contributed by atoms with Crippen LogP contribution in [0.5, 0.6) is 0 Å². The topological polar surface area (TPSA) is 18.5 Å². The van der Waals surface area contributed by atoms with E-state index in [4.69, 9.17) is 8.85 Å². The van der Waals surface area contributed by atoms with Crippen LogP contribution < -0.4 is 0 Å². The van der Waals surface area contributed by atoms with E-state index in [1.54, 1.807) is 14.2 Å². The van der Waals surface area contributed by atoms with Gasteiger partial charge in [-0.3, -0.25) is 0 Å². The minimum Gasteiger partial charge on any atom is -0.398 e. The summed E-state index contributed by atoms with van der Waals surface area (Å²) in [4.78, 5) is 0. The van der Waals surface area contributed by atoms with E-state index in [1.807, 2.05) is 0 Å². The Morgan fingerprint density at radius 2 is 1.57 bits per heavy atom. The fourth-order valence-corrected chi connectivity index (χ4v) is 3.91. The van der Waals surface area contributed by atoms with E-state index in [2.05, 4.69) is 34.2 Å². The Morgan fingerprint density at radius 1 is 1.14 bits per heavy atom. The lowest BCUT2D eigenvalue weighted by atomic mass is 9.86. The second-order valence-corrected chi connectivity index (χ2v) is 9.11. The average molecular weight is 218 g/mol. The molecule has 0 amide bonds. The molecule has 0 fully saturated rings. The van der Waals surface area contributed by atoms with Gasteiger partial charge in [0.15, 0.2) is 0 Å². The molecule has 0 aliphatic carbocycles. The van der Waals surface area contributed by atoms with Gasteiger partial charge < -0.3 is 8.85 Å². The summed E-state index contributed by atoms with van der Waals surface area (Å²) < 4.78 is 11.0. The number of hydrogen-bond donors (Lipinski definition) is 0. The molecule has 14 heavy (non-hydrogen) atoms. The van der Waals surface area contributed by atoms with Gasteiger partial charge in [-0.15, -0.1) is 0 Å². The third kappa shape index (κ3) is 5.78. The second-order valence-electron chi connectivity index (χ2n) is 5.62. The van der Waals surface area contributed by atoms with Crippen molar-refractivity contribution in [1.29, 1.82) is 0 Å². The summed E-state index contributed by atoms with van der Waals surface area (Å²) in [5.41, 5.74) is 0.399. The van der Waals surface area contributed by atoms with Gasteiger partial charge in [0.2, 0.25) is 0 Å². The Kier molecular flexibility index (Phi) is 5.34. The minimum atomic E-state index is -1.86. The van der Waals surface area contributed by atoms with Crippen LogP contribution >= 0.6 is 0 Å². The summed E-state index contributed by atoms with van der Waals surface area (Å²) in [6, 6.07) is 1.08. The van der Waals surface area contributed by atoms with E-state index in [1.165, 1.54) is 6.42 Å². The standard InChI is InChI=1S/C11H26O2Si/c1-10(8-11(2,3)4)9-14(7,12-5)13-6/h10H,8-9H2,1-7H3. The Labute approximate surface area is 90.2 Å². The van der Waals surface area contributed by atoms with Crippen molar-refractivity contribution >= 4 is 8.56 Å². The zero-order chi connectivity index (χ0) is 11.4. The molecule has 0 saturated carbocycles. The molecule has 0 aromatic rings. The van der Waals surface area contributed by atoms with Gasteiger partial charge in [-0.2, -0.15) is 0 Å². The van der Waals surface area contributed by atoms with Gasteiger partial charge in [0.05, 0.1) is 0 Å². The molecule has 0 aliphatic heterocycles. The monoisotopic (exact) mass is 218 g/mol. The highest BCUT2D eigenvalue weighted by Gasteiger charge is 2.32. The highest BCUT2D eigenvalue weighted by atomic mass is 28.4. The Balaban J connectivity index is 4.10. The molecule has 0 spiro atoms. The molecule has 1 atom stereocenters. The van der Waals surface area contributed by atoms with Crippen molar-refractivity contribution < 1.29 is 8.85 Å². The van der Waals surface area contributed by atoms with Crippen LogP contribution in [0.4, 0.5) is 0 Å². The van der Waals surface area contributed by atoms with Crippen LogP contribution in [0.1, 0.15) is 34.1 Å². The minimum absolute atomic E-state index is 0.399. The molecule has 0 rings (SSSR count). The molecule has 0 aliphatic rings. The van der Waals surface area contributed by atoms with Crippen LogP contribution in [0.2, 0.25) is 12.6 Å². The summed E-state index contributed by atoms with van der Waals surface area (Å²) in [5, 5.41) is 0. The molecule has 0 saturated heterocycles. The summed E-state index contributed by atoms with van der Waals surface area (Å²) >= 11 is 0. The smallest absolute Gasteiger partial charge is 0.334 e.